The Bertz CT molecular complexity index is 479. The number of carbonyl (C=O) groups excluding carboxylic acids is 1. The van der Waals surface area contributed by atoms with E-state index >= 15 is 0 Å². The van der Waals surface area contributed by atoms with E-state index in [4.69, 9.17) is 0 Å². The van der Waals surface area contributed by atoms with E-state index in [9.17, 15) is 4.79 Å². The number of likely N-dealkylation sites (N-methyl/N-ethyl adjacent to an activating group) is 1. The summed E-state index contributed by atoms with van der Waals surface area (Å²) in [7, 11) is 4.01. The van der Waals surface area contributed by atoms with Crippen LogP contribution in [0.5, 0.6) is 0 Å². The number of hydrogen-bond acceptors (Lipinski definition) is 4. The predicted octanol–water partition coefficient (Wildman–Crippen LogP) is 1.05. The van der Waals surface area contributed by atoms with Crippen LogP contribution in [0, 0.1) is 5.92 Å². The van der Waals surface area contributed by atoms with Crippen molar-refractivity contribution in [3.8, 4) is 0 Å². The number of likely N-dealkylation sites (tertiary alicyclic amines) is 1. The summed E-state index contributed by atoms with van der Waals surface area (Å²) in [5.41, 5.74) is 0. The summed E-state index contributed by atoms with van der Waals surface area (Å²) in [4.78, 5) is 23.2. The molecule has 2 unspecified atom stereocenters. The van der Waals surface area contributed by atoms with Gasteiger partial charge in [-0.05, 0) is 19.4 Å². The fourth-order valence-electron chi connectivity index (χ4n) is 3.86. The Morgan fingerprint density at radius 1 is 1.19 bits per heavy atom. The third-order valence-electron chi connectivity index (χ3n) is 5.66. The first-order valence-electron chi connectivity index (χ1n) is 10.1. The van der Waals surface area contributed by atoms with Gasteiger partial charge in [0.15, 0.2) is 5.96 Å². The molecule has 0 spiro atoms. The van der Waals surface area contributed by atoms with E-state index in [-0.39, 0.29) is 35.9 Å². The molecule has 0 bridgehead atoms. The maximum atomic E-state index is 11.8. The number of rotatable bonds is 6. The average Bonchev–Trinajstić information content (AvgIpc) is 3.10. The maximum Gasteiger partial charge on any atom is 0.222 e. The number of aliphatic imine (C=N–C) groups is 1. The van der Waals surface area contributed by atoms with Gasteiger partial charge in [0.2, 0.25) is 5.91 Å². The van der Waals surface area contributed by atoms with E-state index in [1.165, 1.54) is 0 Å². The molecular formula is C19H39IN6O. The van der Waals surface area contributed by atoms with Crippen LogP contribution in [0.25, 0.3) is 0 Å². The number of guanidine groups is 1. The molecule has 7 nitrogen and oxygen atoms in total. The normalized spacial score (nSPS) is 23.3. The van der Waals surface area contributed by atoms with Crippen molar-refractivity contribution in [2.75, 3.05) is 59.9 Å². The summed E-state index contributed by atoms with van der Waals surface area (Å²) in [5.74, 6) is 1.68. The van der Waals surface area contributed by atoms with Gasteiger partial charge in [-0.2, -0.15) is 0 Å². The summed E-state index contributed by atoms with van der Waals surface area (Å²) in [6.07, 6.45) is 1.57. The Hall–Kier alpha value is -0.610. The van der Waals surface area contributed by atoms with E-state index in [2.05, 4.69) is 46.3 Å². The molecule has 2 N–H and O–H groups in total. The Kier molecular flexibility index (Phi) is 10.9. The third kappa shape index (κ3) is 7.38. The summed E-state index contributed by atoms with van der Waals surface area (Å²) in [6, 6.07) is 0.793. The number of nitrogens with one attached hydrogen (secondary N) is 2. The highest BCUT2D eigenvalue weighted by molar-refractivity contribution is 14.0. The first-order valence-corrected chi connectivity index (χ1v) is 10.1. The molecule has 2 rings (SSSR count). The molecule has 158 valence electrons. The summed E-state index contributed by atoms with van der Waals surface area (Å²) in [5, 5.41) is 7.02. The Morgan fingerprint density at radius 2 is 1.85 bits per heavy atom. The van der Waals surface area contributed by atoms with Crippen molar-refractivity contribution in [2.45, 2.75) is 45.7 Å². The highest BCUT2D eigenvalue weighted by Crippen LogP contribution is 2.13. The zero-order valence-corrected chi connectivity index (χ0v) is 20.0. The number of nitrogens with zero attached hydrogens (tertiary/aromatic N) is 4. The molecule has 0 aromatic heterocycles. The van der Waals surface area contributed by atoms with Gasteiger partial charge < -0.3 is 20.4 Å². The number of piperazine rings is 1. The molecule has 27 heavy (non-hydrogen) atoms. The molecule has 0 aromatic rings. The lowest BCUT2D eigenvalue weighted by Crippen LogP contribution is -2.55. The van der Waals surface area contributed by atoms with Gasteiger partial charge in [0.05, 0.1) is 0 Å². The summed E-state index contributed by atoms with van der Waals surface area (Å²) in [6.45, 7) is 13.6. The van der Waals surface area contributed by atoms with Crippen molar-refractivity contribution in [1.82, 2.24) is 25.3 Å². The third-order valence-corrected chi connectivity index (χ3v) is 5.66. The fraction of sp³-hybridized carbons (Fsp3) is 0.895. The first-order chi connectivity index (χ1) is 12.4. The van der Waals surface area contributed by atoms with Crippen LogP contribution in [0.4, 0.5) is 0 Å². The molecule has 0 aliphatic carbocycles. The Balaban J connectivity index is 0.00000364. The van der Waals surface area contributed by atoms with E-state index in [0.717, 1.165) is 58.2 Å². The fourth-order valence-corrected chi connectivity index (χ4v) is 3.86. The molecular weight excluding hydrogens is 455 g/mol. The maximum absolute atomic E-state index is 11.8. The van der Waals surface area contributed by atoms with Crippen LogP contribution in [0.3, 0.4) is 0 Å². The van der Waals surface area contributed by atoms with Crippen LogP contribution >= 0.6 is 24.0 Å². The molecule has 8 heteroatoms. The highest BCUT2D eigenvalue weighted by Gasteiger charge is 2.27. The molecule has 2 atom stereocenters. The van der Waals surface area contributed by atoms with Crippen molar-refractivity contribution >= 4 is 35.8 Å². The smallest absolute Gasteiger partial charge is 0.222 e. The molecule has 1 amide bonds. The van der Waals surface area contributed by atoms with Gasteiger partial charge in [0.25, 0.3) is 0 Å². The van der Waals surface area contributed by atoms with Gasteiger partial charge >= 0.3 is 0 Å². The number of halogens is 1. The highest BCUT2D eigenvalue weighted by atomic mass is 127. The van der Waals surface area contributed by atoms with Crippen LogP contribution < -0.4 is 10.6 Å². The second-order valence-electron chi connectivity index (χ2n) is 7.93. The molecule has 0 radical (unpaired) electrons. The second-order valence-corrected chi connectivity index (χ2v) is 7.93. The van der Waals surface area contributed by atoms with Crippen molar-refractivity contribution in [3.05, 3.63) is 0 Å². The molecule has 2 heterocycles. The van der Waals surface area contributed by atoms with Gasteiger partial charge in [0, 0.05) is 71.4 Å². The van der Waals surface area contributed by atoms with E-state index < -0.39 is 0 Å². The SMILES string of the molecule is CCC(=O)N1CCC(NC(=NC)NCC(C(C)C)N2CCN(C)CC2)C1.I. The standard InChI is InChI=1S/C19H38N6O.HI/c1-6-18(26)25-8-7-16(14-25)22-19(20-4)21-13-17(15(2)3)24-11-9-23(5)10-12-24;/h15-17H,6-14H2,1-5H3,(H2,20,21,22);1H. The van der Waals surface area contributed by atoms with Crippen LogP contribution in [-0.2, 0) is 4.79 Å². The van der Waals surface area contributed by atoms with Gasteiger partial charge in [-0.3, -0.25) is 14.7 Å². The lowest BCUT2D eigenvalue weighted by atomic mass is 10.0. The average molecular weight is 494 g/mol. The zero-order chi connectivity index (χ0) is 19.1. The lowest BCUT2D eigenvalue weighted by molar-refractivity contribution is -0.129. The molecule has 0 aromatic carbocycles. The second kappa shape index (κ2) is 12.1. The molecule has 2 fully saturated rings. The molecule has 2 aliphatic heterocycles. The van der Waals surface area contributed by atoms with Crippen LogP contribution in [0.15, 0.2) is 4.99 Å². The quantitative estimate of drug-likeness (QED) is 0.329. The number of hydrogen-bond donors (Lipinski definition) is 2. The van der Waals surface area contributed by atoms with E-state index in [1.54, 1.807) is 0 Å². The van der Waals surface area contributed by atoms with Crippen molar-refractivity contribution in [1.29, 1.82) is 0 Å². The van der Waals surface area contributed by atoms with Crippen molar-refractivity contribution in [3.63, 3.8) is 0 Å². The number of carbonyl (C=O) groups is 1. The van der Waals surface area contributed by atoms with E-state index in [1.807, 2.05) is 18.9 Å². The Morgan fingerprint density at radius 3 is 2.41 bits per heavy atom. The molecule has 2 aliphatic rings. The van der Waals surface area contributed by atoms with Gasteiger partial charge in [-0.15, -0.1) is 24.0 Å². The van der Waals surface area contributed by atoms with Crippen LogP contribution in [0.2, 0.25) is 0 Å². The van der Waals surface area contributed by atoms with Crippen LogP contribution in [0.1, 0.15) is 33.6 Å². The molecule has 2 saturated heterocycles. The topological polar surface area (TPSA) is 63.2 Å². The predicted molar refractivity (Wildman–Crippen MR) is 123 cm³/mol. The largest absolute Gasteiger partial charge is 0.355 e. The van der Waals surface area contributed by atoms with Crippen molar-refractivity contribution in [2.24, 2.45) is 10.9 Å². The molecule has 0 saturated carbocycles. The zero-order valence-electron chi connectivity index (χ0n) is 17.7. The number of amides is 1. The first kappa shape index (κ1) is 24.4. The Labute approximate surface area is 182 Å². The van der Waals surface area contributed by atoms with Gasteiger partial charge in [-0.25, -0.2) is 0 Å². The monoisotopic (exact) mass is 494 g/mol. The summed E-state index contributed by atoms with van der Waals surface area (Å²) < 4.78 is 0. The van der Waals surface area contributed by atoms with Crippen LogP contribution in [-0.4, -0.2) is 98.6 Å². The minimum atomic E-state index is 0. The minimum Gasteiger partial charge on any atom is -0.355 e. The lowest BCUT2D eigenvalue weighted by Gasteiger charge is -2.40. The van der Waals surface area contributed by atoms with Crippen molar-refractivity contribution < 1.29 is 4.79 Å². The minimum absolute atomic E-state index is 0. The van der Waals surface area contributed by atoms with Gasteiger partial charge in [0.1, 0.15) is 0 Å². The van der Waals surface area contributed by atoms with E-state index in [0.29, 0.717) is 18.4 Å². The summed E-state index contributed by atoms with van der Waals surface area (Å²) >= 11 is 0. The van der Waals surface area contributed by atoms with Gasteiger partial charge in [-0.1, -0.05) is 20.8 Å².